The Balaban J connectivity index is 2.64. The molecule has 1 aromatic carbocycles. The molecule has 0 aliphatic heterocycles. The molecule has 15 heavy (non-hydrogen) atoms. The minimum Gasteiger partial charge on any atom is -0.437 e. The van der Waals surface area contributed by atoms with E-state index in [1.54, 1.807) is 6.07 Å². The lowest BCUT2D eigenvalue weighted by molar-refractivity contribution is 0.281. The molecule has 1 heterocycles. The fourth-order valence-electron chi connectivity index (χ4n) is 1.40. The van der Waals surface area contributed by atoms with E-state index in [0.717, 1.165) is 0 Å². The predicted molar refractivity (Wildman–Crippen MR) is 54.0 cm³/mol. The number of hydrogen-bond acceptors (Lipinski definition) is 3. The molecule has 0 saturated carbocycles. The van der Waals surface area contributed by atoms with Gasteiger partial charge in [0.2, 0.25) is 0 Å². The van der Waals surface area contributed by atoms with Gasteiger partial charge < -0.3 is 9.52 Å². The number of hydrogen-bond donors (Lipinski definition) is 1. The van der Waals surface area contributed by atoms with Gasteiger partial charge in [-0.1, -0.05) is 13.8 Å². The summed E-state index contributed by atoms with van der Waals surface area (Å²) in [5, 5.41) is 8.91. The molecule has 0 unspecified atom stereocenters. The molecule has 0 amide bonds. The summed E-state index contributed by atoms with van der Waals surface area (Å²) in [5.41, 5.74) is 1.13. The van der Waals surface area contributed by atoms with E-state index in [0.29, 0.717) is 17.0 Å². The van der Waals surface area contributed by atoms with E-state index in [1.165, 1.54) is 6.07 Å². The molecule has 2 rings (SSSR count). The largest absolute Gasteiger partial charge is 0.437 e. The lowest BCUT2D eigenvalue weighted by Crippen LogP contribution is -1.86. The molecule has 2 aromatic rings. The minimum atomic E-state index is -0.476. The molecule has 4 heteroatoms. The van der Waals surface area contributed by atoms with Crippen molar-refractivity contribution in [2.45, 2.75) is 26.4 Å². The molecule has 0 radical (unpaired) electrons. The monoisotopic (exact) mass is 209 g/mol. The zero-order valence-corrected chi connectivity index (χ0v) is 8.62. The van der Waals surface area contributed by atoms with E-state index in [2.05, 4.69) is 4.98 Å². The van der Waals surface area contributed by atoms with Crippen LogP contribution in [0.1, 0.15) is 31.2 Å². The van der Waals surface area contributed by atoms with Gasteiger partial charge in [0.15, 0.2) is 17.3 Å². The number of oxazole rings is 1. The molecule has 1 N–H and O–H groups in total. The van der Waals surface area contributed by atoms with Crippen LogP contribution in [0.25, 0.3) is 11.1 Å². The Morgan fingerprint density at radius 3 is 2.80 bits per heavy atom. The summed E-state index contributed by atoms with van der Waals surface area (Å²) in [6.07, 6.45) is 0. The maximum atomic E-state index is 13.5. The number of halogens is 1. The van der Waals surface area contributed by atoms with Crippen LogP contribution in [0.5, 0.6) is 0 Å². The van der Waals surface area contributed by atoms with Crippen LogP contribution in [0.4, 0.5) is 4.39 Å². The lowest BCUT2D eigenvalue weighted by Gasteiger charge is -1.95. The van der Waals surface area contributed by atoms with Crippen LogP contribution in [-0.4, -0.2) is 10.1 Å². The Labute approximate surface area is 86.5 Å². The van der Waals surface area contributed by atoms with Gasteiger partial charge in [0.25, 0.3) is 0 Å². The number of fused-ring (bicyclic) bond motifs is 1. The van der Waals surface area contributed by atoms with Crippen LogP contribution in [0.2, 0.25) is 0 Å². The van der Waals surface area contributed by atoms with Crippen molar-refractivity contribution < 1.29 is 13.9 Å². The molecular formula is C11H12FNO2. The third kappa shape index (κ3) is 1.72. The number of aliphatic hydroxyl groups is 1. The van der Waals surface area contributed by atoms with Crippen molar-refractivity contribution in [1.82, 2.24) is 4.98 Å². The first-order chi connectivity index (χ1) is 7.11. The minimum absolute atomic E-state index is 0.120. The third-order valence-electron chi connectivity index (χ3n) is 2.20. The molecule has 0 fully saturated rings. The molecule has 0 aliphatic rings. The Morgan fingerprint density at radius 2 is 2.20 bits per heavy atom. The molecule has 0 atom stereocenters. The Morgan fingerprint density at radius 1 is 1.47 bits per heavy atom. The first kappa shape index (κ1) is 10.1. The average molecular weight is 209 g/mol. The molecule has 1 aromatic heterocycles. The van der Waals surface area contributed by atoms with Crippen LogP contribution >= 0.6 is 0 Å². The Hall–Kier alpha value is -1.42. The molecule has 0 aliphatic carbocycles. The quantitative estimate of drug-likeness (QED) is 0.826. The Bertz CT molecular complexity index is 491. The molecule has 0 saturated heterocycles. The van der Waals surface area contributed by atoms with E-state index in [1.807, 2.05) is 13.8 Å². The van der Waals surface area contributed by atoms with E-state index < -0.39 is 5.82 Å². The predicted octanol–water partition coefficient (Wildman–Crippen LogP) is 2.58. The van der Waals surface area contributed by atoms with Crippen LogP contribution < -0.4 is 0 Å². The molecule has 80 valence electrons. The van der Waals surface area contributed by atoms with Crippen molar-refractivity contribution in [2.75, 3.05) is 0 Å². The number of aromatic nitrogens is 1. The first-order valence-corrected chi connectivity index (χ1v) is 4.81. The SMILES string of the molecule is CC(C)c1nc2cc(CO)cc(F)c2o1. The number of benzene rings is 1. The van der Waals surface area contributed by atoms with Crippen molar-refractivity contribution >= 4 is 11.1 Å². The summed E-state index contributed by atoms with van der Waals surface area (Å²) >= 11 is 0. The molecule has 0 spiro atoms. The van der Waals surface area contributed by atoms with Gasteiger partial charge >= 0.3 is 0 Å². The van der Waals surface area contributed by atoms with E-state index >= 15 is 0 Å². The van der Waals surface area contributed by atoms with Crippen LogP contribution in [0.15, 0.2) is 16.5 Å². The van der Waals surface area contributed by atoms with E-state index in [4.69, 9.17) is 9.52 Å². The maximum Gasteiger partial charge on any atom is 0.198 e. The van der Waals surface area contributed by atoms with Crippen LogP contribution in [0.3, 0.4) is 0 Å². The van der Waals surface area contributed by atoms with Gasteiger partial charge in [-0.05, 0) is 17.7 Å². The summed E-state index contributed by atoms with van der Waals surface area (Å²) in [5.74, 6) is 0.157. The molecule has 0 bridgehead atoms. The highest BCUT2D eigenvalue weighted by Crippen LogP contribution is 2.24. The van der Waals surface area contributed by atoms with Gasteiger partial charge in [-0.15, -0.1) is 0 Å². The zero-order chi connectivity index (χ0) is 11.0. The van der Waals surface area contributed by atoms with Gasteiger partial charge in [-0.25, -0.2) is 9.37 Å². The number of nitrogens with zero attached hydrogens (tertiary/aromatic N) is 1. The summed E-state index contributed by atoms with van der Waals surface area (Å²) in [7, 11) is 0. The van der Waals surface area contributed by atoms with Gasteiger partial charge in [0.05, 0.1) is 6.61 Å². The second-order valence-electron chi connectivity index (χ2n) is 3.79. The second-order valence-corrected chi connectivity index (χ2v) is 3.79. The van der Waals surface area contributed by atoms with Crippen molar-refractivity contribution in [2.24, 2.45) is 0 Å². The second kappa shape index (κ2) is 3.62. The summed E-state index contributed by atoms with van der Waals surface area (Å²) in [6.45, 7) is 3.65. The molecular weight excluding hydrogens is 197 g/mol. The normalized spacial score (nSPS) is 11.5. The highest BCUT2D eigenvalue weighted by atomic mass is 19.1. The van der Waals surface area contributed by atoms with Gasteiger partial charge in [-0.2, -0.15) is 0 Å². The summed E-state index contributed by atoms with van der Waals surface area (Å²) < 4.78 is 18.8. The van der Waals surface area contributed by atoms with Crippen LogP contribution in [0, 0.1) is 5.82 Å². The number of aliphatic hydroxyl groups excluding tert-OH is 1. The van der Waals surface area contributed by atoms with Gasteiger partial charge in [0.1, 0.15) is 5.52 Å². The third-order valence-corrected chi connectivity index (χ3v) is 2.20. The van der Waals surface area contributed by atoms with Crippen molar-refractivity contribution in [3.05, 3.63) is 29.4 Å². The van der Waals surface area contributed by atoms with E-state index in [9.17, 15) is 4.39 Å². The zero-order valence-electron chi connectivity index (χ0n) is 8.62. The maximum absolute atomic E-state index is 13.5. The van der Waals surface area contributed by atoms with Crippen LogP contribution in [-0.2, 0) is 6.61 Å². The first-order valence-electron chi connectivity index (χ1n) is 4.81. The molecule has 3 nitrogen and oxygen atoms in total. The standard InChI is InChI=1S/C11H12FNO2/c1-6(2)11-13-9-4-7(5-14)3-8(12)10(9)15-11/h3-4,6,14H,5H2,1-2H3. The van der Waals surface area contributed by atoms with Crippen molar-refractivity contribution in [1.29, 1.82) is 0 Å². The highest BCUT2D eigenvalue weighted by Gasteiger charge is 2.13. The van der Waals surface area contributed by atoms with Crippen molar-refractivity contribution in [3.8, 4) is 0 Å². The topological polar surface area (TPSA) is 46.3 Å². The summed E-state index contributed by atoms with van der Waals surface area (Å²) in [6, 6.07) is 2.89. The smallest absolute Gasteiger partial charge is 0.198 e. The fraction of sp³-hybridized carbons (Fsp3) is 0.364. The van der Waals surface area contributed by atoms with Crippen molar-refractivity contribution in [3.63, 3.8) is 0 Å². The average Bonchev–Trinajstić information content (AvgIpc) is 2.61. The van der Waals surface area contributed by atoms with E-state index in [-0.39, 0.29) is 18.1 Å². The highest BCUT2D eigenvalue weighted by molar-refractivity contribution is 5.74. The number of rotatable bonds is 2. The lowest BCUT2D eigenvalue weighted by atomic mass is 10.2. The Kier molecular flexibility index (Phi) is 2.44. The summed E-state index contributed by atoms with van der Waals surface area (Å²) in [4.78, 5) is 4.16. The van der Waals surface area contributed by atoms with Gasteiger partial charge in [-0.3, -0.25) is 0 Å². The van der Waals surface area contributed by atoms with Gasteiger partial charge in [0, 0.05) is 5.92 Å². The fourth-order valence-corrected chi connectivity index (χ4v) is 1.40.